The smallest absolute Gasteiger partial charge is 0.338 e. The molecule has 2 aromatic carbocycles. The molecule has 0 aliphatic carbocycles. The summed E-state index contributed by atoms with van der Waals surface area (Å²) < 4.78 is 7.32. The number of fused-ring (bicyclic) bond motifs is 1. The van der Waals surface area contributed by atoms with Gasteiger partial charge >= 0.3 is 5.97 Å². The molecule has 1 atom stereocenters. The van der Waals surface area contributed by atoms with Crippen molar-refractivity contribution >= 4 is 41.1 Å². The number of esters is 1. The molecule has 2 heterocycles. The van der Waals surface area contributed by atoms with E-state index >= 15 is 0 Å². The monoisotopic (exact) mass is 464 g/mol. The Morgan fingerprint density at radius 3 is 2.62 bits per heavy atom. The van der Waals surface area contributed by atoms with E-state index in [9.17, 15) is 9.59 Å². The molecule has 3 aromatic rings. The zero-order valence-electron chi connectivity index (χ0n) is 17.6. The number of carbonyl (C=O) groups is 1. The molecule has 0 fully saturated rings. The Morgan fingerprint density at radius 1 is 1.19 bits per heavy atom. The third kappa shape index (κ3) is 4.38. The Hall–Kier alpha value is -3.22. The molecule has 162 valence electrons. The molecule has 1 aliphatic rings. The number of thiazole rings is 1. The first-order valence-electron chi connectivity index (χ1n) is 10.2. The summed E-state index contributed by atoms with van der Waals surface area (Å²) in [5.74, 6) is -0.475. The predicted molar refractivity (Wildman–Crippen MR) is 128 cm³/mol. The van der Waals surface area contributed by atoms with Crippen LogP contribution >= 0.6 is 22.9 Å². The zero-order chi connectivity index (χ0) is 22.7. The van der Waals surface area contributed by atoms with Crippen molar-refractivity contribution in [3.63, 3.8) is 0 Å². The van der Waals surface area contributed by atoms with E-state index in [0.29, 0.717) is 25.6 Å². The molecule has 4 rings (SSSR count). The van der Waals surface area contributed by atoms with E-state index in [1.165, 1.54) is 11.3 Å². The van der Waals surface area contributed by atoms with Crippen LogP contribution in [-0.4, -0.2) is 17.1 Å². The van der Waals surface area contributed by atoms with Gasteiger partial charge in [0.15, 0.2) is 4.80 Å². The number of halogens is 1. The first-order chi connectivity index (χ1) is 15.5. The highest BCUT2D eigenvalue weighted by Gasteiger charge is 2.30. The van der Waals surface area contributed by atoms with Gasteiger partial charge in [0.25, 0.3) is 5.56 Å². The summed E-state index contributed by atoms with van der Waals surface area (Å²) in [4.78, 5) is 31.3. The van der Waals surface area contributed by atoms with Gasteiger partial charge in [-0.3, -0.25) is 9.36 Å². The van der Waals surface area contributed by atoms with Crippen molar-refractivity contribution in [2.24, 2.45) is 4.99 Å². The number of aromatic nitrogens is 1. The number of ether oxygens (including phenoxy) is 1. The number of rotatable bonds is 5. The number of carbonyl (C=O) groups excluding carboxylic acids is 1. The minimum Gasteiger partial charge on any atom is -0.463 e. The minimum atomic E-state index is -0.626. The topological polar surface area (TPSA) is 60.7 Å². The normalized spacial score (nSPS) is 16.2. The number of hydrogen-bond donors (Lipinski definition) is 0. The van der Waals surface area contributed by atoms with Gasteiger partial charge in [0.05, 0.1) is 28.5 Å². The van der Waals surface area contributed by atoms with E-state index in [2.05, 4.69) is 4.99 Å². The highest BCUT2D eigenvalue weighted by molar-refractivity contribution is 7.07. The summed E-state index contributed by atoms with van der Waals surface area (Å²) in [5, 5.41) is 0.558. The maximum atomic E-state index is 13.4. The SMILES string of the molecule is CCOC(=O)C1=C(C)N=c2sc(=Cc3ccccc3Cl)c(=O)n2[C@H]1/C=C/c1ccccc1. The van der Waals surface area contributed by atoms with Crippen LogP contribution in [0.25, 0.3) is 12.2 Å². The van der Waals surface area contributed by atoms with Crippen molar-refractivity contribution in [3.8, 4) is 0 Å². The first kappa shape index (κ1) is 22.0. The molecule has 0 N–H and O–H groups in total. The molecule has 7 heteroatoms. The van der Waals surface area contributed by atoms with Gasteiger partial charge in [-0.1, -0.05) is 83.6 Å². The molecule has 0 unspecified atom stereocenters. The Balaban J connectivity index is 1.89. The highest BCUT2D eigenvalue weighted by Crippen LogP contribution is 2.26. The molecule has 1 aromatic heterocycles. The van der Waals surface area contributed by atoms with Gasteiger partial charge in [-0.2, -0.15) is 0 Å². The van der Waals surface area contributed by atoms with E-state index in [1.807, 2.05) is 60.7 Å². The van der Waals surface area contributed by atoms with E-state index in [4.69, 9.17) is 16.3 Å². The van der Waals surface area contributed by atoms with Crippen molar-refractivity contribution < 1.29 is 9.53 Å². The molecule has 0 saturated heterocycles. The molecule has 32 heavy (non-hydrogen) atoms. The van der Waals surface area contributed by atoms with Crippen LogP contribution in [0.2, 0.25) is 5.02 Å². The summed E-state index contributed by atoms with van der Waals surface area (Å²) in [7, 11) is 0. The van der Waals surface area contributed by atoms with Crippen LogP contribution in [0.15, 0.2) is 81.7 Å². The van der Waals surface area contributed by atoms with Gasteiger partial charge in [0, 0.05) is 5.02 Å². The Kier molecular flexibility index (Phi) is 6.53. The van der Waals surface area contributed by atoms with Gasteiger partial charge in [-0.25, -0.2) is 9.79 Å². The second-order valence-electron chi connectivity index (χ2n) is 7.14. The van der Waals surface area contributed by atoms with Gasteiger partial charge in [-0.15, -0.1) is 0 Å². The van der Waals surface area contributed by atoms with Gasteiger partial charge in [0.2, 0.25) is 0 Å². The Bertz CT molecular complexity index is 1400. The fraction of sp³-hybridized carbons (Fsp3) is 0.160. The zero-order valence-corrected chi connectivity index (χ0v) is 19.2. The lowest BCUT2D eigenvalue weighted by molar-refractivity contribution is -0.139. The summed E-state index contributed by atoms with van der Waals surface area (Å²) in [6.45, 7) is 3.75. The predicted octanol–water partition coefficient (Wildman–Crippen LogP) is 4.12. The fourth-order valence-corrected chi connectivity index (χ4v) is 4.75. The van der Waals surface area contributed by atoms with Crippen molar-refractivity contribution in [2.45, 2.75) is 19.9 Å². The molecule has 5 nitrogen and oxygen atoms in total. The number of benzene rings is 2. The van der Waals surface area contributed by atoms with Gasteiger partial charge < -0.3 is 4.74 Å². The van der Waals surface area contributed by atoms with E-state index in [0.717, 1.165) is 11.1 Å². The quantitative estimate of drug-likeness (QED) is 0.534. The molecular formula is C25H21ClN2O3S. The second-order valence-corrected chi connectivity index (χ2v) is 8.55. The van der Waals surface area contributed by atoms with Crippen LogP contribution in [0, 0.1) is 0 Å². The Labute approximate surface area is 194 Å². The third-order valence-corrected chi connectivity index (χ3v) is 6.35. The summed E-state index contributed by atoms with van der Waals surface area (Å²) >= 11 is 7.55. The van der Waals surface area contributed by atoms with Crippen LogP contribution in [0.1, 0.15) is 31.0 Å². The lowest BCUT2D eigenvalue weighted by Gasteiger charge is -2.21. The van der Waals surface area contributed by atoms with Crippen LogP contribution in [0.5, 0.6) is 0 Å². The van der Waals surface area contributed by atoms with Crippen LogP contribution in [0.3, 0.4) is 0 Å². The third-order valence-electron chi connectivity index (χ3n) is 5.02. The van der Waals surface area contributed by atoms with E-state index in [-0.39, 0.29) is 12.2 Å². The molecular weight excluding hydrogens is 444 g/mol. The summed E-state index contributed by atoms with van der Waals surface area (Å²) in [6.07, 6.45) is 5.50. The maximum Gasteiger partial charge on any atom is 0.338 e. The lowest BCUT2D eigenvalue weighted by atomic mass is 10.0. The lowest BCUT2D eigenvalue weighted by Crippen LogP contribution is -2.38. The molecule has 0 spiro atoms. The number of allylic oxidation sites excluding steroid dienone is 2. The highest BCUT2D eigenvalue weighted by atomic mass is 35.5. The number of nitrogens with zero attached hydrogens (tertiary/aromatic N) is 2. The average Bonchev–Trinajstić information content (AvgIpc) is 3.09. The second kappa shape index (κ2) is 9.51. The van der Waals surface area contributed by atoms with E-state index in [1.54, 1.807) is 30.6 Å². The molecule has 0 amide bonds. The maximum absolute atomic E-state index is 13.4. The van der Waals surface area contributed by atoms with Crippen LogP contribution < -0.4 is 14.9 Å². The van der Waals surface area contributed by atoms with Gasteiger partial charge in [0.1, 0.15) is 0 Å². The van der Waals surface area contributed by atoms with Crippen molar-refractivity contribution in [3.05, 3.63) is 108 Å². The van der Waals surface area contributed by atoms with E-state index < -0.39 is 12.0 Å². The molecule has 0 saturated carbocycles. The summed E-state index contributed by atoms with van der Waals surface area (Å²) in [5.41, 5.74) is 2.37. The number of hydrogen-bond acceptors (Lipinski definition) is 5. The van der Waals surface area contributed by atoms with Gasteiger partial charge in [-0.05, 0) is 37.1 Å². The van der Waals surface area contributed by atoms with Crippen LogP contribution in [-0.2, 0) is 9.53 Å². The molecule has 1 aliphatic heterocycles. The van der Waals surface area contributed by atoms with Crippen molar-refractivity contribution in [1.29, 1.82) is 0 Å². The summed E-state index contributed by atoms with van der Waals surface area (Å²) in [6, 6.07) is 16.4. The minimum absolute atomic E-state index is 0.231. The molecule has 0 radical (unpaired) electrons. The van der Waals surface area contributed by atoms with Crippen molar-refractivity contribution in [1.82, 2.24) is 4.57 Å². The Morgan fingerprint density at radius 2 is 1.91 bits per heavy atom. The average molecular weight is 465 g/mol. The standard InChI is InChI=1S/C25H21ClN2O3S/c1-3-31-24(30)22-16(2)27-25-28(20(22)14-13-17-9-5-4-6-10-17)23(29)21(32-25)15-18-11-7-8-12-19(18)26/h4-15,20H,3H2,1-2H3/b14-13+,21-15?/t20-/m0/s1. The van der Waals surface area contributed by atoms with Crippen molar-refractivity contribution in [2.75, 3.05) is 6.61 Å². The fourth-order valence-electron chi connectivity index (χ4n) is 3.52. The first-order valence-corrected chi connectivity index (χ1v) is 11.4. The van der Waals surface area contributed by atoms with Crippen LogP contribution in [0.4, 0.5) is 0 Å². The largest absolute Gasteiger partial charge is 0.463 e. The molecule has 0 bridgehead atoms.